The van der Waals surface area contributed by atoms with Gasteiger partial charge in [0.25, 0.3) is 5.91 Å². The molecule has 1 aromatic heterocycles. The number of hydrogen-bond acceptors (Lipinski definition) is 5. The summed E-state index contributed by atoms with van der Waals surface area (Å²) in [5, 5.41) is 12.0. The fourth-order valence-corrected chi connectivity index (χ4v) is 4.19. The third-order valence-corrected chi connectivity index (χ3v) is 5.61. The molecule has 0 spiro atoms. The van der Waals surface area contributed by atoms with Crippen molar-refractivity contribution in [2.75, 3.05) is 11.9 Å². The molecule has 134 valence electrons. The second kappa shape index (κ2) is 8.35. The van der Waals surface area contributed by atoms with Crippen LogP contribution < -0.4 is 5.32 Å². The van der Waals surface area contributed by atoms with Gasteiger partial charge in [0, 0.05) is 9.90 Å². The van der Waals surface area contributed by atoms with Gasteiger partial charge in [-0.2, -0.15) is 5.26 Å². The Morgan fingerprint density at radius 2 is 2.04 bits per heavy atom. The maximum absolute atomic E-state index is 12.2. The second-order valence-electron chi connectivity index (χ2n) is 6.05. The van der Waals surface area contributed by atoms with Crippen molar-refractivity contribution < 1.29 is 14.3 Å². The number of amides is 1. The molecule has 1 amide bonds. The molecule has 1 aliphatic rings. The Bertz CT molecular complexity index is 862. The SMILES string of the molecule is N#Cc1ccc(Cl)cc1NC(=O)COC(=O)c1cc2c(s1)CCCCC2. The van der Waals surface area contributed by atoms with E-state index in [-0.39, 0.29) is 5.56 Å². The van der Waals surface area contributed by atoms with E-state index < -0.39 is 18.5 Å². The normalized spacial score (nSPS) is 13.2. The van der Waals surface area contributed by atoms with Crippen LogP contribution in [0.25, 0.3) is 0 Å². The highest BCUT2D eigenvalue weighted by atomic mass is 35.5. The van der Waals surface area contributed by atoms with Gasteiger partial charge in [-0.1, -0.05) is 18.0 Å². The van der Waals surface area contributed by atoms with Gasteiger partial charge in [-0.15, -0.1) is 11.3 Å². The number of esters is 1. The van der Waals surface area contributed by atoms with Crippen molar-refractivity contribution >= 4 is 40.5 Å². The lowest BCUT2D eigenvalue weighted by atomic mass is 10.1. The maximum Gasteiger partial charge on any atom is 0.348 e. The van der Waals surface area contributed by atoms with Crippen LogP contribution in [0.3, 0.4) is 0 Å². The molecule has 1 N–H and O–H groups in total. The highest BCUT2D eigenvalue weighted by molar-refractivity contribution is 7.14. The number of aryl methyl sites for hydroxylation is 2. The Labute approximate surface area is 160 Å². The first-order valence-corrected chi connectivity index (χ1v) is 9.54. The Hall–Kier alpha value is -2.36. The third-order valence-electron chi connectivity index (χ3n) is 4.16. The lowest BCUT2D eigenvalue weighted by molar-refractivity contribution is -0.119. The molecular weight excluding hydrogens is 372 g/mol. The average molecular weight is 389 g/mol. The summed E-state index contributed by atoms with van der Waals surface area (Å²) < 4.78 is 5.12. The molecule has 0 bridgehead atoms. The molecule has 0 saturated carbocycles. The summed E-state index contributed by atoms with van der Waals surface area (Å²) in [4.78, 5) is 26.0. The highest BCUT2D eigenvalue weighted by Crippen LogP contribution is 2.29. The van der Waals surface area contributed by atoms with Crippen LogP contribution in [0.4, 0.5) is 5.69 Å². The number of rotatable bonds is 4. The molecule has 0 aliphatic heterocycles. The summed E-state index contributed by atoms with van der Waals surface area (Å²) in [7, 11) is 0. The molecule has 3 rings (SSSR count). The van der Waals surface area contributed by atoms with Gasteiger partial charge in [0.05, 0.1) is 11.3 Å². The number of hydrogen-bond donors (Lipinski definition) is 1. The second-order valence-corrected chi connectivity index (χ2v) is 7.62. The van der Waals surface area contributed by atoms with Crippen LogP contribution in [0.1, 0.15) is 44.9 Å². The van der Waals surface area contributed by atoms with Gasteiger partial charge in [-0.3, -0.25) is 4.79 Å². The Kier molecular flexibility index (Phi) is 5.92. The topological polar surface area (TPSA) is 79.2 Å². The summed E-state index contributed by atoms with van der Waals surface area (Å²) in [6.45, 7) is -0.418. The number of halogens is 1. The van der Waals surface area contributed by atoms with Crippen molar-refractivity contribution in [2.24, 2.45) is 0 Å². The summed E-state index contributed by atoms with van der Waals surface area (Å²) in [6.07, 6.45) is 5.49. The molecule has 0 radical (unpaired) electrons. The van der Waals surface area contributed by atoms with Gasteiger partial charge in [-0.25, -0.2) is 4.79 Å². The number of carbonyl (C=O) groups excluding carboxylic acids is 2. The molecule has 1 aliphatic carbocycles. The van der Waals surface area contributed by atoms with Crippen molar-refractivity contribution in [1.29, 1.82) is 5.26 Å². The number of nitrogens with zero attached hydrogens (tertiary/aromatic N) is 1. The molecule has 0 unspecified atom stereocenters. The molecule has 1 heterocycles. The number of fused-ring (bicyclic) bond motifs is 1. The summed E-state index contributed by atoms with van der Waals surface area (Å²) in [5.74, 6) is -1.01. The van der Waals surface area contributed by atoms with E-state index in [1.807, 2.05) is 12.1 Å². The van der Waals surface area contributed by atoms with Crippen LogP contribution >= 0.6 is 22.9 Å². The first kappa shape index (κ1) is 18.4. The predicted octanol–water partition coefficient (Wildman–Crippen LogP) is 4.34. The van der Waals surface area contributed by atoms with E-state index in [9.17, 15) is 9.59 Å². The van der Waals surface area contributed by atoms with Crippen molar-refractivity contribution in [2.45, 2.75) is 32.1 Å². The summed E-state index contributed by atoms with van der Waals surface area (Å²) in [6, 6.07) is 8.42. The molecule has 1 aromatic carbocycles. The molecule has 2 aromatic rings. The van der Waals surface area contributed by atoms with Crippen LogP contribution in [0.15, 0.2) is 24.3 Å². The number of carbonyl (C=O) groups is 2. The number of anilines is 1. The fraction of sp³-hybridized carbons (Fsp3) is 0.316. The quantitative estimate of drug-likeness (QED) is 0.624. The van der Waals surface area contributed by atoms with Gasteiger partial charge in [0.15, 0.2) is 6.61 Å². The molecule has 26 heavy (non-hydrogen) atoms. The van der Waals surface area contributed by atoms with Crippen LogP contribution in [0, 0.1) is 11.3 Å². The van der Waals surface area contributed by atoms with Gasteiger partial charge < -0.3 is 10.1 Å². The average Bonchev–Trinajstić information content (AvgIpc) is 2.91. The first-order chi connectivity index (χ1) is 12.6. The zero-order chi connectivity index (χ0) is 18.5. The lowest BCUT2D eigenvalue weighted by Crippen LogP contribution is -2.21. The molecule has 5 nitrogen and oxygen atoms in total. The van der Waals surface area contributed by atoms with Gasteiger partial charge in [0.2, 0.25) is 0 Å². The Balaban J connectivity index is 1.59. The Morgan fingerprint density at radius 3 is 2.85 bits per heavy atom. The highest BCUT2D eigenvalue weighted by Gasteiger charge is 2.18. The third kappa shape index (κ3) is 4.43. The Morgan fingerprint density at radius 1 is 1.23 bits per heavy atom. The maximum atomic E-state index is 12.2. The van der Waals surface area contributed by atoms with Crippen LogP contribution in [0.5, 0.6) is 0 Å². The van der Waals surface area contributed by atoms with Gasteiger partial charge in [-0.05, 0) is 55.5 Å². The lowest BCUT2D eigenvalue weighted by Gasteiger charge is -2.08. The van der Waals surface area contributed by atoms with E-state index in [1.165, 1.54) is 40.3 Å². The van der Waals surface area contributed by atoms with E-state index in [0.717, 1.165) is 25.7 Å². The molecule has 0 atom stereocenters. The number of thiophene rings is 1. The smallest absolute Gasteiger partial charge is 0.348 e. The predicted molar refractivity (Wildman–Crippen MR) is 101 cm³/mol. The zero-order valence-corrected chi connectivity index (χ0v) is 15.6. The molecule has 0 saturated heterocycles. The standard InChI is InChI=1S/C19H17ClN2O3S/c20-14-7-6-13(10-21)15(9-14)22-18(23)11-25-19(24)17-8-12-4-2-1-3-5-16(12)26-17/h6-9H,1-5,11H2,(H,22,23). The van der Waals surface area contributed by atoms with Gasteiger partial charge in [0.1, 0.15) is 10.9 Å². The minimum Gasteiger partial charge on any atom is -0.451 e. The van der Waals surface area contributed by atoms with E-state index in [1.54, 1.807) is 6.07 Å². The van der Waals surface area contributed by atoms with E-state index in [4.69, 9.17) is 21.6 Å². The molecule has 7 heteroatoms. The monoisotopic (exact) mass is 388 g/mol. The van der Waals surface area contributed by atoms with Crippen molar-refractivity contribution in [3.63, 3.8) is 0 Å². The zero-order valence-electron chi connectivity index (χ0n) is 14.0. The number of benzene rings is 1. The van der Waals surface area contributed by atoms with E-state index in [0.29, 0.717) is 15.6 Å². The fourth-order valence-electron chi connectivity index (χ4n) is 2.87. The van der Waals surface area contributed by atoms with E-state index in [2.05, 4.69) is 5.32 Å². The van der Waals surface area contributed by atoms with E-state index >= 15 is 0 Å². The summed E-state index contributed by atoms with van der Waals surface area (Å²) in [5.41, 5.74) is 1.81. The van der Waals surface area contributed by atoms with Crippen molar-refractivity contribution in [3.05, 3.63) is 50.2 Å². The van der Waals surface area contributed by atoms with Crippen molar-refractivity contribution in [3.8, 4) is 6.07 Å². The molecular formula is C19H17ClN2O3S. The first-order valence-electron chi connectivity index (χ1n) is 8.35. The minimum absolute atomic E-state index is 0.288. The van der Waals surface area contributed by atoms with Crippen LogP contribution in [0.2, 0.25) is 5.02 Å². The minimum atomic E-state index is -0.518. The van der Waals surface area contributed by atoms with Crippen LogP contribution in [-0.2, 0) is 22.4 Å². The molecule has 0 fully saturated rings. The summed E-state index contributed by atoms with van der Waals surface area (Å²) >= 11 is 7.34. The number of nitrogens with one attached hydrogen (secondary N) is 1. The van der Waals surface area contributed by atoms with Crippen molar-refractivity contribution in [1.82, 2.24) is 0 Å². The number of nitriles is 1. The van der Waals surface area contributed by atoms with Crippen LogP contribution in [-0.4, -0.2) is 18.5 Å². The number of ether oxygens (including phenoxy) is 1. The van der Waals surface area contributed by atoms with Gasteiger partial charge >= 0.3 is 5.97 Å². The largest absolute Gasteiger partial charge is 0.451 e.